The largest absolute Gasteiger partial charge is 0.462 e. The Balaban J connectivity index is 2.22. The second-order valence-corrected chi connectivity index (χ2v) is 5.34. The average molecular weight is 331 g/mol. The van der Waals surface area contributed by atoms with Gasteiger partial charge in [0.25, 0.3) is 0 Å². The van der Waals surface area contributed by atoms with Gasteiger partial charge in [0.15, 0.2) is 0 Å². The Morgan fingerprint density at radius 3 is 2.35 bits per heavy atom. The number of carbonyl (C=O) groups excluding carboxylic acids is 1. The molecule has 0 aliphatic carbocycles. The van der Waals surface area contributed by atoms with Crippen LogP contribution in [0.4, 0.5) is 10.1 Å². The molecule has 3 nitrogen and oxygen atoms in total. The number of ether oxygens (including phenoxy) is 1. The molecule has 2 aromatic carbocycles. The van der Waals surface area contributed by atoms with Gasteiger partial charge in [-0.2, -0.15) is 0 Å². The number of thiocarbonyl (C=S) groups is 1. The van der Waals surface area contributed by atoms with Gasteiger partial charge >= 0.3 is 5.97 Å². The Kier molecular flexibility index (Phi) is 6.23. The van der Waals surface area contributed by atoms with Crippen LogP contribution in [-0.2, 0) is 11.3 Å². The molecule has 0 unspecified atom stereocenters. The fraction of sp³-hybridized carbons (Fsp3) is 0.222. The highest BCUT2D eigenvalue weighted by Gasteiger charge is 2.14. The summed E-state index contributed by atoms with van der Waals surface area (Å²) >= 11 is 5.14. The van der Waals surface area contributed by atoms with Gasteiger partial charge in [-0.05, 0) is 36.8 Å². The molecule has 5 heteroatoms. The topological polar surface area (TPSA) is 29.5 Å². The molecular formula is C18H18FNO2S. The molecule has 0 heterocycles. The number of carbonyl (C=O) groups is 1. The van der Waals surface area contributed by atoms with Crippen molar-refractivity contribution in [3.8, 4) is 0 Å². The molecule has 23 heavy (non-hydrogen) atoms. The zero-order valence-electron chi connectivity index (χ0n) is 12.9. The third-order valence-corrected chi connectivity index (χ3v) is 3.62. The van der Waals surface area contributed by atoms with Crippen LogP contribution in [0.15, 0.2) is 54.6 Å². The molecule has 0 atom stereocenters. The van der Waals surface area contributed by atoms with Crippen molar-refractivity contribution in [1.82, 2.24) is 0 Å². The Morgan fingerprint density at radius 1 is 1.13 bits per heavy atom. The lowest BCUT2D eigenvalue weighted by Gasteiger charge is -2.24. The Labute approximate surface area is 140 Å². The summed E-state index contributed by atoms with van der Waals surface area (Å²) in [4.78, 5) is 13.6. The van der Waals surface area contributed by atoms with Crippen LogP contribution >= 0.6 is 12.2 Å². The lowest BCUT2D eigenvalue weighted by atomic mass is 10.1. The molecule has 120 valence electrons. The monoisotopic (exact) mass is 331 g/mol. The van der Waals surface area contributed by atoms with E-state index in [2.05, 4.69) is 0 Å². The molecule has 0 amide bonds. The molecular weight excluding hydrogens is 313 g/mol. The number of esters is 1. The molecule has 0 aliphatic rings. The van der Waals surface area contributed by atoms with E-state index in [1.165, 1.54) is 0 Å². The number of halogens is 1. The maximum Gasteiger partial charge on any atom is 0.338 e. The highest BCUT2D eigenvalue weighted by atomic mass is 32.1. The molecule has 0 fully saturated rings. The first kappa shape index (κ1) is 17.1. The fourth-order valence-electron chi connectivity index (χ4n) is 2.15. The van der Waals surface area contributed by atoms with Crippen LogP contribution in [0.5, 0.6) is 0 Å². The minimum atomic E-state index is -0.707. The van der Waals surface area contributed by atoms with Gasteiger partial charge in [-0.25, -0.2) is 9.18 Å². The van der Waals surface area contributed by atoms with E-state index in [1.54, 1.807) is 36.1 Å². The summed E-state index contributed by atoms with van der Waals surface area (Å²) in [5.41, 5.74) is 2.23. The van der Waals surface area contributed by atoms with Gasteiger partial charge in [-0.15, -0.1) is 0 Å². The van der Waals surface area contributed by atoms with Gasteiger partial charge in [0.1, 0.15) is 11.7 Å². The summed E-state index contributed by atoms with van der Waals surface area (Å²) in [6.07, 6.45) is 0. The predicted molar refractivity (Wildman–Crippen MR) is 93.6 cm³/mol. The van der Waals surface area contributed by atoms with E-state index >= 15 is 0 Å². The van der Waals surface area contributed by atoms with Crippen LogP contribution < -0.4 is 4.90 Å². The number of anilines is 1. The molecule has 2 rings (SSSR count). The lowest BCUT2D eigenvalue weighted by Crippen LogP contribution is -2.30. The summed E-state index contributed by atoms with van der Waals surface area (Å²) in [5, 5.41) is 0. The van der Waals surface area contributed by atoms with Crippen molar-refractivity contribution < 1.29 is 13.9 Å². The molecule has 0 saturated heterocycles. The zero-order chi connectivity index (χ0) is 16.7. The van der Waals surface area contributed by atoms with E-state index < -0.39 is 6.67 Å². The van der Waals surface area contributed by atoms with Crippen LogP contribution in [0.25, 0.3) is 0 Å². The van der Waals surface area contributed by atoms with Crippen LogP contribution in [0.1, 0.15) is 22.8 Å². The smallest absolute Gasteiger partial charge is 0.338 e. The van der Waals surface area contributed by atoms with Crippen molar-refractivity contribution >= 4 is 28.9 Å². The highest BCUT2D eigenvalue weighted by Crippen LogP contribution is 2.20. The Bertz CT molecular complexity index is 658. The van der Waals surface area contributed by atoms with Gasteiger partial charge < -0.3 is 9.64 Å². The van der Waals surface area contributed by atoms with E-state index in [0.717, 1.165) is 11.3 Å². The van der Waals surface area contributed by atoms with Crippen LogP contribution in [-0.4, -0.2) is 24.2 Å². The number of hydrogen-bond donors (Lipinski definition) is 0. The minimum absolute atomic E-state index is 0.206. The van der Waals surface area contributed by atoms with Gasteiger partial charge in [0, 0.05) is 12.2 Å². The summed E-state index contributed by atoms with van der Waals surface area (Å²) in [6.45, 7) is 1.85. The third kappa shape index (κ3) is 4.60. The van der Waals surface area contributed by atoms with E-state index in [9.17, 15) is 9.18 Å². The maximum absolute atomic E-state index is 13.1. The van der Waals surface area contributed by atoms with Crippen molar-refractivity contribution in [1.29, 1.82) is 0 Å². The molecule has 0 N–H and O–H groups in total. The predicted octanol–water partition coefficient (Wildman–Crippen LogP) is 4.17. The number of benzene rings is 2. The number of nitrogens with zero attached hydrogens (tertiary/aromatic N) is 1. The first-order chi connectivity index (χ1) is 11.2. The zero-order valence-corrected chi connectivity index (χ0v) is 13.7. The van der Waals surface area contributed by atoms with Crippen molar-refractivity contribution in [2.24, 2.45) is 0 Å². The molecule has 0 saturated carbocycles. The van der Waals surface area contributed by atoms with E-state index in [1.807, 2.05) is 30.3 Å². The molecule has 0 aromatic heterocycles. The third-order valence-electron chi connectivity index (χ3n) is 3.29. The molecule has 0 bridgehead atoms. The molecule has 2 aromatic rings. The molecule has 0 radical (unpaired) electrons. The summed E-state index contributed by atoms with van der Waals surface area (Å²) in [5.74, 6) is -0.373. The normalized spacial score (nSPS) is 10.2. The average Bonchev–Trinajstić information content (AvgIpc) is 2.60. The molecule has 0 aliphatic heterocycles. The lowest BCUT2D eigenvalue weighted by molar-refractivity contribution is 0.0526. The minimum Gasteiger partial charge on any atom is -0.462 e. The van der Waals surface area contributed by atoms with Crippen LogP contribution in [0.3, 0.4) is 0 Å². The number of rotatable bonds is 6. The Morgan fingerprint density at radius 2 is 1.78 bits per heavy atom. The van der Waals surface area contributed by atoms with Crippen LogP contribution in [0.2, 0.25) is 0 Å². The van der Waals surface area contributed by atoms with Crippen molar-refractivity contribution in [2.75, 3.05) is 18.2 Å². The fourth-order valence-corrected chi connectivity index (χ4v) is 2.32. The quantitative estimate of drug-likeness (QED) is 0.587. The summed E-state index contributed by atoms with van der Waals surface area (Å²) in [7, 11) is 0. The summed E-state index contributed by atoms with van der Waals surface area (Å²) < 4.78 is 18.0. The highest BCUT2D eigenvalue weighted by molar-refractivity contribution is 7.80. The maximum atomic E-state index is 13.1. The van der Waals surface area contributed by atoms with Gasteiger partial charge in [0.2, 0.25) is 0 Å². The second-order valence-electron chi connectivity index (χ2n) is 4.87. The van der Waals surface area contributed by atoms with Gasteiger partial charge in [-0.1, -0.05) is 42.5 Å². The summed E-state index contributed by atoms with van der Waals surface area (Å²) in [6, 6.07) is 16.5. The molecule has 0 spiro atoms. The van der Waals surface area contributed by atoms with E-state index in [-0.39, 0.29) is 11.0 Å². The Hall–Kier alpha value is -2.27. The second kappa shape index (κ2) is 8.39. The van der Waals surface area contributed by atoms with Crippen molar-refractivity contribution in [3.63, 3.8) is 0 Å². The number of alkyl halides is 1. The van der Waals surface area contributed by atoms with E-state index in [0.29, 0.717) is 18.7 Å². The first-order valence-corrected chi connectivity index (χ1v) is 7.74. The SMILES string of the molecule is CCOC(=O)c1ccc(N(Cc2ccccc2)C(=S)CF)cc1. The van der Waals surface area contributed by atoms with Gasteiger partial charge in [0.05, 0.1) is 12.2 Å². The van der Waals surface area contributed by atoms with Crippen molar-refractivity contribution in [3.05, 3.63) is 65.7 Å². The van der Waals surface area contributed by atoms with Crippen LogP contribution in [0, 0.1) is 0 Å². The standard InChI is InChI=1S/C18H18FNO2S/c1-2-22-18(21)15-8-10-16(11-9-15)20(17(23)12-19)13-14-6-4-3-5-7-14/h3-11H,2,12-13H2,1H3. The first-order valence-electron chi connectivity index (χ1n) is 7.33. The van der Waals surface area contributed by atoms with Gasteiger partial charge in [-0.3, -0.25) is 0 Å². The van der Waals surface area contributed by atoms with E-state index in [4.69, 9.17) is 17.0 Å². The van der Waals surface area contributed by atoms with Crippen molar-refractivity contribution in [2.45, 2.75) is 13.5 Å². The number of hydrogen-bond acceptors (Lipinski definition) is 3.